The summed E-state index contributed by atoms with van der Waals surface area (Å²) < 4.78 is 31.8. The van der Waals surface area contributed by atoms with E-state index in [0.717, 1.165) is 5.56 Å². The van der Waals surface area contributed by atoms with Gasteiger partial charge in [0.05, 0.1) is 17.6 Å². The van der Waals surface area contributed by atoms with Gasteiger partial charge < -0.3 is 4.42 Å². The Morgan fingerprint density at radius 3 is 2.42 bits per heavy atom. The highest BCUT2D eigenvalue weighted by Crippen LogP contribution is 2.23. The van der Waals surface area contributed by atoms with E-state index in [-0.39, 0.29) is 11.4 Å². The summed E-state index contributed by atoms with van der Waals surface area (Å²) in [5.41, 5.74) is 0.826. The van der Waals surface area contributed by atoms with Crippen molar-refractivity contribution < 1.29 is 12.8 Å². The van der Waals surface area contributed by atoms with E-state index in [2.05, 4.69) is 4.98 Å². The number of benzene rings is 2. The second-order valence-corrected chi connectivity index (χ2v) is 7.68. The number of nitrogens with zero attached hydrogens (tertiary/aromatic N) is 2. The van der Waals surface area contributed by atoms with Gasteiger partial charge in [0, 0.05) is 17.6 Å². The van der Waals surface area contributed by atoms with E-state index in [9.17, 15) is 8.42 Å². The number of hydrogen-bond donors (Lipinski definition) is 0. The zero-order valence-electron chi connectivity index (χ0n) is 12.9. The third kappa shape index (κ3) is 3.51. The van der Waals surface area contributed by atoms with E-state index in [1.54, 1.807) is 48.7 Å². The molecule has 24 heavy (non-hydrogen) atoms. The van der Waals surface area contributed by atoms with Crippen molar-refractivity contribution in [3.8, 4) is 11.3 Å². The van der Waals surface area contributed by atoms with Gasteiger partial charge in [-0.3, -0.25) is 0 Å². The lowest BCUT2D eigenvalue weighted by Gasteiger charge is -2.15. The fraction of sp³-hybridized carbons (Fsp3) is 0.118. The lowest BCUT2D eigenvalue weighted by Crippen LogP contribution is -2.26. The summed E-state index contributed by atoms with van der Waals surface area (Å²) in [5.74, 6) is 0.883. The molecule has 0 aliphatic heterocycles. The van der Waals surface area contributed by atoms with E-state index < -0.39 is 10.0 Å². The van der Waals surface area contributed by atoms with E-state index in [1.165, 1.54) is 11.4 Å². The van der Waals surface area contributed by atoms with Crippen LogP contribution < -0.4 is 0 Å². The summed E-state index contributed by atoms with van der Waals surface area (Å²) in [7, 11) is -2.09. The van der Waals surface area contributed by atoms with Crippen molar-refractivity contribution in [1.82, 2.24) is 9.29 Å². The highest BCUT2D eigenvalue weighted by atomic mass is 35.5. The molecule has 0 atom stereocenters. The molecule has 7 heteroatoms. The topological polar surface area (TPSA) is 63.4 Å². The fourth-order valence-electron chi connectivity index (χ4n) is 2.18. The average Bonchev–Trinajstić information content (AvgIpc) is 3.04. The van der Waals surface area contributed by atoms with Crippen molar-refractivity contribution in [2.45, 2.75) is 11.4 Å². The van der Waals surface area contributed by atoms with E-state index in [4.69, 9.17) is 16.0 Å². The lowest BCUT2D eigenvalue weighted by molar-refractivity contribution is 0.400. The molecule has 5 nitrogen and oxygen atoms in total. The van der Waals surface area contributed by atoms with Crippen LogP contribution in [-0.4, -0.2) is 24.8 Å². The first-order valence-corrected chi connectivity index (χ1v) is 9.00. The Morgan fingerprint density at radius 2 is 1.75 bits per heavy atom. The maximum atomic E-state index is 12.5. The molecule has 0 unspecified atom stereocenters. The van der Waals surface area contributed by atoms with Gasteiger partial charge in [-0.25, -0.2) is 13.4 Å². The SMILES string of the molecule is CN(Cc1ncc(-c2ccc(Cl)cc2)o1)S(=O)(=O)c1ccccc1. The van der Waals surface area contributed by atoms with E-state index in [0.29, 0.717) is 16.7 Å². The van der Waals surface area contributed by atoms with Gasteiger partial charge in [-0.2, -0.15) is 4.31 Å². The number of hydrogen-bond acceptors (Lipinski definition) is 4. The Kier molecular flexibility index (Phi) is 4.71. The van der Waals surface area contributed by atoms with Gasteiger partial charge in [0.15, 0.2) is 5.76 Å². The Labute approximate surface area is 145 Å². The first-order valence-electron chi connectivity index (χ1n) is 7.19. The molecule has 0 spiro atoms. The molecule has 0 amide bonds. The largest absolute Gasteiger partial charge is 0.439 e. The van der Waals surface area contributed by atoms with Gasteiger partial charge in [-0.1, -0.05) is 29.8 Å². The Morgan fingerprint density at radius 1 is 1.08 bits per heavy atom. The van der Waals surface area contributed by atoms with Crippen molar-refractivity contribution in [3.63, 3.8) is 0 Å². The number of sulfonamides is 1. The lowest BCUT2D eigenvalue weighted by atomic mass is 10.2. The Hall–Kier alpha value is -2.15. The monoisotopic (exact) mass is 362 g/mol. The minimum absolute atomic E-state index is 0.0464. The molecule has 0 aliphatic carbocycles. The second-order valence-electron chi connectivity index (χ2n) is 5.20. The normalized spacial score (nSPS) is 11.8. The van der Waals surface area contributed by atoms with E-state index in [1.807, 2.05) is 12.1 Å². The first-order chi connectivity index (χ1) is 11.5. The first kappa shape index (κ1) is 16.7. The summed E-state index contributed by atoms with van der Waals surface area (Å²) in [6.07, 6.45) is 1.57. The molecule has 0 fully saturated rings. The van der Waals surface area contributed by atoms with Crippen molar-refractivity contribution in [2.75, 3.05) is 7.05 Å². The summed E-state index contributed by atoms with van der Waals surface area (Å²) in [6, 6.07) is 15.4. The maximum absolute atomic E-state index is 12.5. The van der Waals surface area contributed by atoms with Crippen LogP contribution in [0.15, 0.2) is 70.1 Å². The molecule has 0 N–H and O–H groups in total. The third-order valence-corrected chi connectivity index (χ3v) is 5.56. The molecule has 1 heterocycles. The number of rotatable bonds is 5. The predicted molar refractivity (Wildman–Crippen MR) is 92.0 cm³/mol. The quantitative estimate of drug-likeness (QED) is 0.692. The van der Waals surface area contributed by atoms with Crippen molar-refractivity contribution in [3.05, 3.63) is 71.7 Å². The van der Waals surface area contributed by atoms with Gasteiger partial charge in [-0.15, -0.1) is 0 Å². The smallest absolute Gasteiger partial charge is 0.243 e. The second kappa shape index (κ2) is 6.76. The van der Waals surface area contributed by atoms with Crippen LogP contribution in [0.3, 0.4) is 0 Å². The predicted octanol–water partition coefficient (Wildman–Crippen LogP) is 3.82. The summed E-state index contributed by atoms with van der Waals surface area (Å²) in [5, 5.41) is 0.632. The van der Waals surface area contributed by atoms with Crippen LogP contribution in [0.1, 0.15) is 5.89 Å². The molecular weight excluding hydrogens is 348 g/mol. The molecule has 2 aromatic carbocycles. The minimum atomic E-state index is -3.58. The molecule has 0 saturated heterocycles. The van der Waals surface area contributed by atoms with Gasteiger partial charge in [0.2, 0.25) is 15.9 Å². The summed E-state index contributed by atoms with van der Waals surface area (Å²) in [4.78, 5) is 4.39. The molecule has 1 aromatic heterocycles. The zero-order chi connectivity index (χ0) is 17.2. The highest BCUT2D eigenvalue weighted by Gasteiger charge is 2.22. The van der Waals surface area contributed by atoms with Crippen LogP contribution in [0.5, 0.6) is 0 Å². The third-order valence-electron chi connectivity index (χ3n) is 3.49. The highest BCUT2D eigenvalue weighted by molar-refractivity contribution is 7.89. The van der Waals surface area contributed by atoms with Crippen LogP contribution in [-0.2, 0) is 16.6 Å². The van der Waals surface area contributed by atoms with Crippen LogP contribution >= 0.6 is 11.6 Å². The molecule has 0 saturated carbocycles. The zero-order valence-corrected chi connectivity index (χ0v) is 14.5. The van der Waals surface area contributed by atoms with Gasteiger partial charge in [-0.05, 0) is 36.4 Å². The number of halogens is 1. The fourth-order valence-corrected chi connectivity index (χ4v) is 3.45. The standard InChI is InChI=1S/C17H15ClN2O3S/c1-20(24(21,22)15-5-3-2-4-6-15)12-17-19-11-16(23-17)13-7-9-14(18)10-8-13/h2-11H,12H2,1H3. The van der Waals surface area contributed by atoms with Crippen molar-refractivity contribution in [1.29, 1.82) is 0 Å². The molecule has 3 rings (SSSR count). The van der Waals surface area contributed by atoms with Crippen LogP contribution in [0, 0.1) is 0 Å². The molecule has 3 aromatic rings. The van der Waals surface area contributed by atoms with Crippen LogP contribution in [0.4, 0.5) is 0 Å². The maximum Gasteiger partial charge on any atom is 0.243 e. The van der Waals surface area contributed by atoms with Crippen molar-refractivity contribution >= 4 is 21.6 Å². The van der Waals surface area contributed by atoms with Crippen LogP contribution in [0.2, 0.25) is 5.02 Å². The number of oxazole rings is 1. The molecule has 124 valence electrons. The molecule has 0 radical (unpaired) electrons. The average molecular weight is 363 g/mol. The van der Waals surface area contributed by atoms with Crippen molar-refractivity contribution in [2.24, 2.45) is 0 Å². The van der Waals surface area contributed by atoms with Crippen LogP contribution in [0.25, 0.3) is 11.3 Å². The van der Waals surface area contributed by atoms with Gasteiger partial charge in [0.1, 0.15) is 0 Å². The van der Waals surface area contributed by atoms with E-state index >= 15 is 0 Å². The molecular formula is C17H15ClN2O3S. The summed E-state index contributed by atoms with van der Waals surface area (Å²) in [6.45, 7) is 0.0464. The minimum Gasteiger partial charge on any atom is -0.439 e. The van der Waals surface area contributed by atoms with Gasteiger partial charge in [0.25, 0.3) is 0 Å². The van der Waals surface area contributed by atoms with Gasteiger partial charge >= 0.3 is 0 Å². The molecule has 0 bridgehead atoms. The Bertz CT molecular complexity index is 922. The number of aromatic nitrogens is 1. The molecule has 0 aliphatic rings. The summed E-state index contributed by atoms with van der Waals surface area (Å²) >= 11 is 5.86. The Balaban J connectivity index is 1.78.